The maximum absolute atomic E-state index is 13.1. The number of carbonyl (C=O) groups is 1. The van der Waals surface area contributed by atoms with Crippen molar-refractivity contribution in [1.29, 1.82) is 0 Å². The van der Waals surface area contributed by atoms with Gasteiger partial charge in [-0.1, -0.05) is 35.5 Å². The van der Waals surface area contributed by atoms with E-state index in [4.69, 9.17) is 9.26 Å². The number of aryl methyl sites for hydroxylation is 1. The summed E-state index contributed by atoms with van der Waals surface area (Å²) in [6.45, 7) is 0.652. The molecule has 0 radical (unpaired) electrons. The Morgan fingerprint density at radius 2 is 2.06 bits per heavy atom. The number of esters is 1. The van der Waals surface area contributed by atoms with Crippen LogP contribution in [0, 0.1) is 0 Å². The van der Waals surface area contributed by atoms with E-state index in [0.717, 1.165) is 27.0 Å². The van der Waals surface area contributed by atoms with Crippen LogP contribution in [0.25, 0.3) is 16.3 Å². The first-order valence-electron chi connectivity index (χ1n) is 9.81. The summed E-state index contributed by atoms with van der Waals surface area (Å²) >= 11 is 1.07. The molecule has 1 aliphatic heterocycles. The Labute approximate surface area is 185 Å². The molecule has 32 heavy (non-hydrogen) atoms. The van der Waals surface area contributed by atoms with Crippen LogP contribution in [0.15, 0.2) is 62.9 Å². The van der Waals surface area contributed by atoms with Gasteiger partial charge in [-0.25, -0.2) is 14.2 Å². The highest BCUT2D eigenvalue weighted by Gasteiger charge is 2.21. The number of carbonyl (C=O) groups excluding carboxylic acids is 1. The second-order valence-corrected chi connectivity index (χ2v) is 8.42. The normalized spacial score (nSPS) is 12.8. The molecule has 0 spiro atoms. The smallest absolute Gasteiger partial charge is 0.348 e. The molecule has 0 bridgehead atoms. The monoisotopic (exact) mass is 450 g/mol. The summed E-state index contributed by atoms with van der Waals surface area (Å²) in [7, 11) is 1.58. The van der Waals surface area contributed by atoms with Crippen molar-refractivity contribution in [1.82, 2.24) is 19.2 Å². The van der Waals surface area contributed by atoms with Crippen molar-refractivity contribution < 1.29 is 14.1 Å². The van der Waals surface area contributed by atoms with Crippen LogP contribution in [0.4, 0.5) is 0 Å². The summed E-state index contributed by atoms with van der Waals surface area (Å²) < 4.78 is 13.0. The average molecular weight is 450 g/mol. The summed E-state index contributed by atoms with van der Waals surface area (Å²) in [5.74, 6) is 0.126. The van der Waals surface area contributed by atoms with E-state index in [0.29, 0.717) is 22.5 Å². The van der Waals surface area contributed by atoms with Gasteiger partial charge in [0.05, 0.1) is 11.6 Å². The zero-order valence-electron chi connectivity index (χ0n) is 17.1. The van der Waals surface area contributed by atoms with E-state index in [1.54, 1.807) is 25.5 Å². The van der Waals surface area contributed by atoms with Crippen molar-refractivity contribution in [2.45, 2.75) is 19.8 Å². The molecular weight excluding hydrogens is 432 g/mol. The van der Waals surface area contributed by atoms with Crippen molar-refractivity contribution >= 4 is 33.6 Å². The van der Waals surface area contributed by atoms with Crippen molar-refractivity contribution in [2.24, 2.45) is 7.05 Å². The van der Waals surface area contributed by atoms with E-state index in [-0.39, 0.29) is 18.2 Å². The Kier molecular flexibility index (Phi) is 4.98. The van der Waals surface area contributed by atoms with Crippen molar-refractivity contribution in [2.75, 3.05) is 0 Å². The molecule has 0 aliphatic carbocycles. The topological polar surface area (TPSA) is 99.6 Å². The molecule has 0 amide bonds. The van der Waals surface area contributed by atoms with Gasteiger partial charge >= 0.3 is 11.7 Å². The van der Waals surface area contributed by atoms with Crippen LogP contribution in [0.5, 0.6) is 0 Å². The third-order valence-electron chi connectivity index (χ3n) is 5.23. The predicted octanol–water partition coefficient (Wildman–Crippen LogP) is 2.55. The molecule has 3 aromatic heterocycles. The molecule has 0 fully saturated rings. The maximum Gasteiger partial charge on any atom is 0.348 e. The largest absolute Gasteiger partial charge is 0.457 e. The SMILES string of the molecule is Cn1c(=O)n(CN2C=Cc3oncc3C2)c(=O)c2cc(C(=O)OCc3ccccc3)sc21. The van der Waals surface area contributed by atoms with Crippen LogP contribution < -0.4 is 11.2 Å². The number of rotatable bonds is 5. The van der Waals surface area contributed by atoms with E-state index < -0.39 is 17.2 Å². The fourth-order valence-electron chi connectivity index (χ4n) is 3.55. The molecule has 0 atom stereocenters. The Morgan fingerprint density at radius 3 is 2.88 bits per heavy atom. The third-order valence-corrected chi connectivity index (χ3v) is 6.43. The lowest BCUT2D eigenvalue weighted by molar-refractivity contribution is 0.0478. The Balaban J connectivity index is 1.43. The fourth-order valence-corrected chi connectivity index (χ4v) is 4.55. The van der Waals surface area contributed by atoms with Crippen molar-refractivity contribution in [3.8, 4) is 0 Å². The number of fused-ring (bicyclic) bond motifs is 2. The van der Waals surface area contributed by atoms with E-state index in [2.05, 4.69) is 5.16 Å². The van der Waals surface area contributed by atoms with Crippen LogP contribution in [-0.4, -0.2) is 25.2 Å². The van der Waals surface area contributed by atoms with Gasteiger partial charge in [0.15, 0.2) is 5.76 Å². The molecule has 4 aromatic rings. The minimum Gasteiger partial charge on any atom is -0.457 e. The molecule has 1 aromatic carbocycles. The minimum atomic E-state index is -0.535. The fraction of sp³-hybridized carbons (Fsp3) is 0.182. The molecule has 162 valence electrons. The van der Waals surface area contributed by atoms with Gasteiger partial charge in [-0.05, 0) is 17.7 Å². The number of benzene rings is 1. The van der Waals surface area contributed by atoms with Crippen LogP contribution in [0.3, 0.4) is 0 Å². The first kappa shape index (κ1) is 20.0. The maximum atomic E-state index is 13.1. The number of hydrogen-bond donors (Lipinski definition) is 0. The Morgan fingerprint density at radius 1 is 1.25 bits per heavy atom. The molecular formula is C22H18N4O5S. The van der Waals surface area contributed by atoms with E-state index in [1.807, 2.05) is 35.2 Å². The van der Waals surface area contributed by atoms with Gasteiger partial charge in [-0.2, -0.15) is 0 Å². The standard InChI is InChI=1S/C22H18N4O5S/c1-24-20-16(9-18(32-20)21(28)30-12-14-5-3-2-4-6-14)19(27)26(22(24)29)13-25-8-7-17-15(11-25)10-23-31-17/h2-10H,11-13H2,1H3. The van der Waals surface area contributed by atoms with Crippen molar-refractivity contribution in [3.63, 3.8) is 0 Å². The third kappa shape index (κ3) is 3.54. The van der Waals surface area contributed by atoms with Gasteiger partial charge < -0.3 is 14.2 Å². The lowest BCUT2D eigenvalue weighted by Gasteiger charge is -2.23. The highest BCUT2D eigenvalue weighted by Crippen LogP contribution is 2.23. The van der Waals surface area contributed by atoms with E-state index >= 15 is 0 Å². The van der Waals surface area contributed by atoms with Gasteiger partial charge in [-0.15, -0.1) is 11.3 Å². The van der Waals surface area contributed by atoms with Crippen LogP contribution in [-0.2, 0) is 31.6 Å². The molecule has 0 unspecified atom stereocenters. The quantitative estimate of drug-likeness (QED) is 0.431. The number of nitrogens with zero attached hydrogens (tertiary/aromatic N) is 4. The molecule has 10 heteroatoms. The second kappa shape index (κ2) is 7.97. The van der Waals surface area contributed by atoms with Gasteiger partial charge in [0.2, 0.25) is 0 Å². The Bertz CT molecular complexity index is 1460. The molecule has 0 saturated carbocycles. The van der Waals surface area contributed by atoms with E-state index in [9.17, 15) is 14.4 Å². The highest BCUT2D eigenvalue weighted by molar-refractivity contribution is 7.20. The van der Waals surface area contributed by atoms with Gasteiger partial charge in [0.25, 0.3) is 5.56 Å². The molecule has 0 saturated heterocycles. The summed E-state index contributed by atoms with van der Waals surface area (Å²) in [6, 6.07) is 10.8. The van der Waals surface area contributed by atoms with Crippen LogP contribution in [0.2, 0.25) is 0 Å². The number of ether oxygens (including phenoxy) is 1. The number of aromatic nitrogens is 3. The summed E-state index contributed by atoms with van der Waals surface area (Å²) in [4.78, 5) is 41.1. The highest BCUT2D eigenvalue weighted by atomic mass is 32.1. The first-order chi connectivity index (χ1) is 15.5. The average Bonchev–Trinajstić information content (AvgIpc) is 3.47. The summed E-state index contributed by atoms with van der Waals surface area (Å²) in [5, 5.41) is 4.06. The number of thiophene rings is 1. The summed E-state index contributed by atoms with van der Waals surface area (Å²) in [6.07, 6.45) is 5.11. The van der Waals surface area contributed by atoms with Crippen molar-refractivity contribution in [3.05, 3.63) is 91.4 Å². The van der Waals surface area contributed by atoms with Gasteiger partial charge in [0.1, 0.15) is 23.0 Å². The zero-order valence-corrected chi connectivity index (χ0v) is 17.9. The molecule has 1 aliphatic rings. The Hall–Kier alpha value is -3.92. The lowest BCUT2D eigenvalue weighted by Crippen LogP contribution is -2.42. The zero-order chi connectivity index (χ0) is 22.2. The summed E-state index contributed by atoms with van der Waals surface area (Å²) in [5.41, 5.74) is 0.823. The predicted molar refractivity (Wildman–Crippen MR) is 118 cm³/mol. The lowest BCUT2D eigenvalue weighted by atomic mass is 10.2. The van der Waals surface area contributed by atoms with Crippen LogP contribution in [0.1, 0.15) is 26.6 Å². The van der Waals surface area contributed by atoms with Gasteiger partial charge in [0, 0.05) is 25.4 Å². The molecule has 0 N–H and O–H groups in total. The molecule has 9 nitrogen and oxygen atoms in total. The van der Waals surface area contributed by atoms with Crippen LogP contribution >= 0.6 is 11.3 Å². The van der Waals surface area contributed by atoms with E-state index in [1.165, 1.54) is 10.6 Å². The number of hydrogen-bond acceptors (Lipinski definition) is 8. The van der Waals surface area contributed by atoms with Gasteiger partial charge in [-0.3, -0.25) is 9.36 Å². The molecule has 5 rings (SSSR count). The first-order valence-corrected chi connectivity index (χ1v) is 10.6. The molecule has 4 heterocycles. The minimum absolute atomic E-state index is 0.0617. The second-order valence-electron chi connectivity index (χ2n) is 7.39.